The van der Waals surface area contributed by atoms with E-state index < -0.39 is 36.3 Å². The molecule has 2 aliphatic heterocycles. The van der Waals surface area contributed by atoms with E-state index in [1.54, 1.807) is 23.1 Å². The maximum atomic E-state index is 14.0. The Balaban J connectivity index is 1.27. The minimum Gasteiger partial charge on any atom is -0.455 e. The van der Waals surface area contributed by atoms with Gasteiger partial charge in [0.1, 0.15) is 24.1 Å². The number of ether oxygens (including phenoxy) is 1. The number of hydrogen-bond acceptors (Lipinski definition) is 6. The standard InChI is InChI=1S/C31H33ClN4O6/c32-22-9-10-26(42-19-6-2-1-3-7-19)27-21(22)14-24(34-27)31(41)36-15-18-5-4-8-20(18)28(36)30(40)35-23(25(38)16-37)13-17-11-12-33-29(17)39/h1-3,6-7,9-10,14,17-18,20,23,28,34,37H,4-5,8,11-13,15-16H2,(H,33,39)(H,35,40)/t17-,18-,20-,23-,28-/m0/s1. The minimum absolute atomic E-state index is 0.0430. The first kappa shape index (κ1) is 28.2. The number of fused-ring (bicyclic) bond motifs is 2. The Labute approximate surface area is 247 Å². The second-order valence-corrected chi connectivity index (χ2v) is 11.8. The average Bonchev–Trinajstić information content (AvgIpc) is 3.78. The number of ketones is 1. The number of H-pyrrole nitrogens is 1. The zero-order chi connectivity index (χ0) is 29.4. The molecule has 3 heterocycles. The Bertz CT molecular complexity index is 1520. The molecule has 1 aliphatic carbocycles. The minimum atomic E-state index is -1.02. The highest BCUT2D eigenvalue weighted by Gasteiger charge is 2.50. The molecule has 2 saturated heterocycles. The summed E-state index contributed by atoms with van der Waals surface area (Å²) in [6.45, 7) is 0.183. The van der Waals surface area contributed by atoms with Crippen LogP contribution in [0, 0.1) is 17.8 Å². The molecule has 6 rings (SSSR count). The molecular formula is C31H33ClN4O6. The number of halogens is 1. The van der Waals surface area contributed by atoms with Crippen LogP contribution in [0.3, 0.4) is 0 Å². The van der Waals surface area contributed by atoms with Crippen LogP contribution in [-0.4, -0.2) is 70.3 Å². The van der Waals surface area contributed by atoms with Crippen LogP contribution in [-0.2, 0) is 14.4 Å². The molecule has 3 fully saturated rings. The topological polar surface area (TPSA) is 141 Å². The van der Waals surface area contributed by atoms with Crippen LogP contribution < -0.4 is 15.4 Å². The van der Waals surface area contributed by atoms with Gasteiger partial charge in [0, 0.05) is 24.4 Å². The second-order valence-electron chi connectivity index (χ2n) is 11.4. The fourth-order valence-electron chi connectivity index (χ4n) is 6.77. The van der Waals surface area contributed by atoms with Crippen LogP contribution in [0.25, 0.3) is 10.9 Å². The van der Waals surface area contributed by atoms with Gasteiger partial charge in [-0.05, 0) is 67.9 Å². The Morgan fingerprint density at radius 2 is 1.93 bits per heavy atom. The number of nitrogens with zero attached hydrogens (tertiary/aromatic N) is 1. The molecule has 10 nitrogen and oxygen atoms in total. The molecule has 0 bridgehead atoms. The third kappa shape index (κ3) is 5.36. The maximum absolute atomic E-state index is 14.0. The van der Waals surface area contributed by atoms with Gasteiger partial charge in [-0.15, -0.1) is 0 Å². The fourth-order valence-corrected chi connectivity index (χ4v) is 6.98. The van der Waals surface area contributed by atoms with Crippen molar-refractivity contribution in [3.05, 3.63) is 59.2 Å². The molecule has 4 N–H and O–H groups in total. The van der Waals surface area contributed by atoms with E-state index in [0.717, 1.165) is 19.3 Å². The molecule has 0 unspecified atom stereocenters. The summed E-state index contributed by atoms with van der Waals surface area (Å²) in [7, 11) is 0. The lowest BCUT2D eigenvalue weighted by Crippen LogP contribution is -2.53. The third-order valence-electron chi connectivity index (χ3n) is 8.87. The number of aliphatic hydroxyl groups is 1. The van der Waals surface area contributed by atoms with Crippen LogP contribution in [0.4, 0.5) is 0 Å². The SMILES string of the molecule is O=C1NCC[C@H]1C[C@H](NC(=O)[C@@H]1[C@H]2CCC[C@H]2CN1C(=O)c1cc2c(Cl)ccc(Oc3ccccc3)c2[nH]1)C(=O)CO. The lowest BCUT2D eigenvalue weighted by Gasteiger charge is -2.29. The number of likely N-dealkylation sites (tertiary alicyclic amines) is 1. The monoisotopic (exact) mass is 592 g/mol. The Hall–Kier alpha value is -3.89. The number of rotatable bonds is 9. The zero-order valence-electron chi connectivity index (χ0n) is 23.0. The number of amides is 3. The molecule has 11 heteroatoms. The Morgan fingerprint density at radius 3 is 2.67 bits per heavy atom. The van der Waals surface area contributed by atoms with E-state index in [9.17, 15) is 24.3 Å². The fraction of sp³-hybridized carbons (Fsp3) is 0.419. The van der Waals surface area contributed by atoms with E-state index in [1.165, 1.54) is 0 Å². The highest BCUT2D eigenvalue weighted by atomic mass is 35.5. The number of hydrogen-bond donors (Lipinski definition) is 4. The summed E-state index contributed by atoms with van der Waals surface area (Å²) in [5.41, 5.74) is 0.845. The van der Waals surface area contributed by atoms with Crippen molar-refractivity contribution in [1.29, 1.82) is 0 Å². The Kier molecular flexibility index (Phi) is 7.92. The number of nitrogens with one attached hydrogen (secondary N) is 3. The molecule has 3 amide bonds. The quantitative estimate of drug-likeness (QED) is 0.300. The van der Waals surface area contributed by atoms with Crippen molar-refractivity contribution in [3.63, 3.8) is 0 Å². The number of aromatic nitrogens is 1. The highest BCUT2D eigenvalue weighted by Crippen LogP contribution is 2.43. The predicted molar refractivity (Wildman–Crippen MR) is 155 cm³/mol. The van der Waals surface area contributed by atoms with Crippen molar-refractivity contribution in [1.82, 2.24) is 20.5 Å². The molecule has 220 valence electrons. The van der Waals surface area contributed by atoms with E-state index in [-0.39, 0.29) is 35.8 Å². The van der Waals surface area contributed by atoms with Gasteiger partial charge in [0.2, 0.25) is 11.8 Å². The summed E-state index contributed by atoms with van der Waals surface area (Å²) >= 11 is 6.50. The first-order valence-corrected chi connectivity index (χ1v) is 14.8. The van der Waals surface area contributed by atoms with Crippen LogP contribution in [0.5, 0.6) is 11.5 Å². The van der Waals surface area contributed by atoms with E-state index in [1.807, 2.05) is 30.3 Å². The largest absolute Gasteiger partial charge is 0.455 e. The second kappa shape index (κ2) is 11.8. The number of aliphatic hydroxyl groups excluding tert-OH is 1. The van der Waals surface area contributed by atoms with Crippen LogP contribution >= 0.6 is 11.6 Å². The number of para-hydroxylation sites is 1. The van der Waals surface area contributed by atoms with Crippen molar-refractivity contribution in [2.24, 2.45) is 17.8 Å². The highest BCUT2D eigenvalue weighted by molar-refractivity contribution is 6.35. The molecule has 0 radical (unpaired) electrons. The lowest BCUT2D eigenvalue weighted by molar-refractivity contribution is -0.133. The van der Waals surface area contributed by atoms with Crippen molar-refractivity contribution in [3.8, 4) is 11.5 Å². The summed E-state index contributed by atoms with van der Waals surface area (Å²) in [5.74, 6) is -0.661. The molecule has 3 aliphatic rings. The van der Waals surface area contributed by atoms with Crippen molar-refractivity contribution in [2.45, 2.75) is 44.2 Å². The summed E-state index contributed by atoms with van der Waals surface area (Å²) in [6, 6.07) is 12.6. The van der Waals surface area contributed by atoms with Crippen molar-refractivity contribution in [2.75, 3.05) is 19.7 Å². The van der Waals surface area contributed by atoms with Crippen LogP contribution in [0.15, 0.2) is 48.5 Å². The van der Waals surface area contributed by atoms with Gasteiger partial charge in [-0.25, -0.2) is 0 Å². The van der Waals surface area contributed by atoms with E-state index in [2.05, 4.69) is 15.6 Å². The third-order valence-corrected chi connectivity index (χ3v) is 9.20. The van der Waals surface area contributed by atoms with E-state index in [0.29, 0.717) is 46.9 Å². The van der Waals surface area contributed by atoms with Crippen LogP contribution in [0.1, 0.15) is 42.6 Å². The smallest absolute Gasteiger partial charge is 0.271 e. The van der Waals surface area contributed by atoms with Gasteiger partial charge in [0.25, 0.3) is 5.91 Å². The Morgan fingerprint density at radius 1 is 1.12 bits per heavy atom. The summed E-state index contributed by atoms with van der Waals surface area (Å²) < 4.78 is 6.06. The van der Waals surface area contributed by atoms with Crippen LogP contribution in [0.2, 0.25) is 5.02 Å². The molecule has 1 aromatic heterocycles. The van der Waals surface area contributed by atoms with Gasteiger partial charge in [0.15, 0.2) is 11.5 Å². The average molecular weight is 593 g/mol. The molecule has 2 aromatic carbocycles. The maximum Gasteiger partial charge on any atom is 0.271 e. The first-order valence-electron chi connectivity index (χ1n) is 14.4. The first-order chi connectivity index (χ1) is 20.3. The molecule has 0 spiro atoms. The number of carbonyl (C=O) groups excluding carboxylic acids is 4. The van der Waals surface area contributed by atoms with Gasteiger partial charge in [0.05, 0.1) is 16.6 Å². The summed E-state index contributed by atoms with van der Waals surface area (Å²) in [6.07, 6.45) is 3.33. The molecule has 3 aromatic rings. The zero-order valence-corrected chi connectivity index (χ0v) is 23.7. The summed E-state index contributed by atoms with van der Waals surface area (Å²) in [4.78, 5) is 57.4. The molecule has 5 atom stereocenters. The molecule has 1 saturated carbocycles. The normalized spacial score (nSPS) is 24.0. The summed E-state index contributed by atoms with van der Waals surface area (Å²) in [5, 5.41) is 16.2. The van der Waals surface area contributed by atoms with E-state index >= 15 is 0 Å². The molecule has 42 heavy (non-hydrogen) atoms. The van der Waals surface area contributed by atoms with Gasteiger partial charge >= 0.3 is 0 Å². The lowest BCUT2D eigenvalue weighted by atomic mass is 9.92. The number of carbonyl (C=O) groups is 4. The van der Waals surface area contributed by atoms with Crippen molar-refractivity contribution >= 4 is 46.0 Å². The van der Waals surface area contributed by atoms with Gasteiger partial charge in [-0.3, -0.25) is 19.2 Å². The van der Waals surface area contributed by atoms with Gasteiger partial charge in [-0.2, -0.15) is 0 Å². The number of Topliss-reactive ketones (excluding diaryl/α,β-unsaturated/α-hetero) is 1. The molecular weight excluding hydrogens is 560 g/mol. The van der Waals surface area contributed by atoms with Crippen molar-refractivity contribution < 1.29 is 29.0 Å². The number of aromatic amines is 1. The van der Waals surface area contributed by atoms with Gasteiger partial charge in [-0.1, -0.05) is 36.2 Å². The number of benzene rings is 2. The van der Waals surface area contributed by atoms with E-state index in [4.69, 9.17) is 16.3 Å². The predicted octanol–water partition coefficient (Wildman–Crippen LogP) is 3.43. The van der Waals surface area contributed by atoms with Gasteiger partial charge < -0.3 is 30.4 Å².